The lowest BCUT2D eigenvalue weighted by Crippen LogP contribution is -2.56. The van der Waals surface area contributed by atoms with Crippen molar-refractivity contribution in [2.75, 3.05) is 9.80 Å². The van der Waals surface area contributed by atoms with Gasteiger partial charge in [0, 0.05) is 12.1 Å². The molecule has 0 aromatic heterocycles. The summed E-state index contributed by atoms with van der Waals surface area (Å²) in [5.41, 5.74) is 2.03. The monoisotopic (exact) mass is 569 g/mol. The summed E-state index contributed by atoms with van der Waals surface area (Å²) < 4.78 is 5.77. The number of hydrogen-bond donors (Lipinski definition) is 0. The molecule has 2 amide bonds. The van der Waals surface area contributed by atoms with Crippen LogP contribution in [0.4, 0.5) is 17.1 Å². The molecule has 1 saturated heterocycles. The number of nitrogens with zero attached hydrogens (tertiary/aromatic N) is 3. The second-order valence-corrected chi connectivity index (χ2v) is 9.47. The normalized spacial score (nSPS) is 13.4. The number of benzene rings is 4. The van der Waals surface area contributed by atoms with Crippen LogP contribution in [0.5, 0.6) is 5.75 Å². The van der Waals surface area contributed by atoms with E-state index in [1.807, 2.05) is 12.1 Å². The first-order valence-corrected chi connectivity index (χ1v) is 12.8. The van der Waals surface area contributed by atoms with Gasteiger partial charge < -0.3 is 4.74 Å². The fraction of sp³-hybridized carbons (Fsp3) is 0.0333. The maximum absolute atomic E-state index is 13.6. The molecule has 1 aliphatic heterocycles. The van der Waals surface area contributed by atoms with E-state index in [9.17, 15) is 19.7 Å². The molecule has 198 valence electrons. The average molecular weight is 570 g/mol. The lowest BCUT2D eigenvalue weighted by Gasteiger charge is -2.36. The number of carbonyl (C=O) groups excluding carboxylic acids is 2. The maximum Gasteiger partial charge on any atom is 0.270 e. The zero-order valence-electron chi connectivity index (χ0n) is 20.8. The van der Waals surface area contributed by atoms with Gasteiger partial charge in [-0.2, -0.15) is 0 Å². The molecular formula is C30H20ClN3O5S. The van der Waals surface area contributed by atoms with E-state index in [4.69, 9.17) is 28.6 Å². The quantitative estimate of drug-likeness (QED) is 0.0821. The van der Waals surface area contributed by atoms with Crippen molar-refractivity contribution in [3.63, 3.8) is 0 Å². The van der Waals surface area contributed by atoms with Crippen LogP contribution in [0, 0.1) is 10.1 Å². The fourth-order valence-corrected chi connectivity index (χ4v) is 4.77. The van der Waals surface area contributed by atoms with E-state index in [-0.39, 0.29) is 28.0 Å². The van der Waals surface area contributed by atoms with Gasteiger partial charge >= 0.3 is 0 Å². The molecular weight excluding hydrogens is 550 g/mol. The molecule has 1 fully saturated rings. The largest absolute Gasteiger partial charge is 0.487 e. The van der Waals surface area contributed by atoms with Crippen LogP contribution < -0.4 is 14.5 Å². The van der Waals surface area contributed by atoms with E-state index in [0.717, 1.165) is 0 Å². The molecule has 1 heterocycles. The first-order chi connectivity index (χ1) is 19.3. The Kier molecular flexibility index (Phi) is 7.68. The molecule has 5 rings (SSSR count). The number of rotatable bonds is 7. The number of anilines is 2. The zero-order chi connectivity index (χ0) is 28.2. The van der Waals surface area contributed by atoms with E-state index < -0.39 is 16.7 Å². The summed E-state index contributed by atoms with van der Waals surface area (Å²) in [6.45, 7) is 0.0638. The Morgan fingerprint density at radius 1 is 0.825 bits per heavy atom. The van der Waals surface area contributed by atoms with Gasteiger partial charge in [0.25, 0.3) is 17.5 Å². The van der Waals surface area contributed by atoms with Crippen molar-refractivity contribution in [2.24, 2.45) is 0 Å². The molecule has 0 bridgehead atoms. The first-order valence-electron chi connectivity index (χ1n) is 12.0. The van der Waals surface area contributed by atoms with Crippen molar-refractivity contribution in [1.82, 2.24) is 0 Å². The molecule has 0 spiro atoms. The number of carbonyl (C=O) groups is 2. The summed E-state index contributed by atoms with van der Waals surface area (Å²) in [7, 11) is 0. The third kappa shape index (κ3) is 5.47. The number of halogens is 1. The summed E-state index contributed by atoms with van der Waals surface area (Å²) in [5.74, 6) is -0.777. The van der Waals surface area contributed by atoms with Gasteiger partial charge in [-0.3, -0.25) is 29.5 Å². The fourth-order valence-electron chi connectivity index (χ4n) is 4.15. The van der Waals surface area contributed by atoms with Crippen LogP contribution in [0.25, 0.3) is 6.08 Å². The van der Waals surface area contributed by atoms with Crippen molar-refractivity contribution < 1.29 is 19.2 Å². The highest BCUT2D eigenvalue weighted by molar-refractivity contribution is 7.81. The number of hydrogen-bond acceptors (Lipinski definition) is 6. The molecule has 8 nitrogen and oxygen atoms in total. The van der Waals surface area contributed by atoms with E-state index in [1.54, 1.807) is 78.9 Å². The summed E-state index contributed by atoms with van der Waals surface area (Å²) >= 11 is 12.1. The number of thiocarbonyl (C=S) groups is 1. The SMILES string of the molecule is O=C1C(=Cc2ccc(OCc3cccc([N+](=O)[O-])c3)c(Cl)c2)C(=O)N(c2ccccc2)C(=S)N1c1ccccc1. The summed E-state index contributed by atoms with van der Waals surface area (Å²) in [6, 6.07) is 28.7. The molecule has 4 aromatic rings. The van der Waals surface area contributed by atoms with Crippen molar-refractivity contribution in [3.05, 3.63) is 135 Å². The van der Waals surface area contributed by atoms with Crippen molar-refractivity contribution in [2.45, 2.75) is 6.61 Å². The lowest BCUT2D eigenvalue weighted by atomic mass is 10.0. The first kappa shape index (κ1) is 26.7. The highest BCUT2D eigenvalue weighted by Crippen LogP contribution is 2.32. The molecule has 0 radical (unpaired) electrons. The number of ether oxygens (including phenoxy) is 1. The number of para-hydroxylation sites is 2. The van der Waals surface area contributed by atoms with Gasteiger partial charge in [0.05, 0.1) is 21.3 Å². The van der Waals surface area contributed by atoms with Gasteiger partial charge in [-0.15, -0.1) is 0 Å². The number of non-ortho nitro benzene ring substituents is 1. The Morgan fingerprint density at radius 3 is 1.98 bits per heavy atom. The Labute approximate surface area is 239 Å². The highest BCUT2D eigenvalue weighted by Gasteiger charge is 2.41. The van der Waals surface area contributed by atoms with Gasteiger partial charge in [0.1, 0.15) is 17.9 Å². The number of nitro groups is 1. The smallest absolute Gasteiger partial charge is 0.270 e. The molecule has 0 saturated carbocycles. The minimum atomic E-state index is -0.560. The summed E-state index contributed by atoms with van der Waals surface area (Å²) in [6.07, 6.45) is 1.47. The minimum absolute atomic E-state index is 0.0374. The Morgan fingerprint density at radius 2 is 1.43 bits per heavy atom. The van der Waals surface area contributed by atoms with E-state index in [1.165, 1.54) is 28.0 Å². The number of nitro benzene ring substituents is 1. The van der Waals surface area contributed by atoms with Crippen molar-refractivity contribution in [3.8, 4) is 5.75 Å². The van der Waals surface area contributed by atoms with Crippen LogP contribution in [0.3, 0.4) is 0 Å². The topological polar surface area (TPSA) is 93.0 Å². The summed E-state index contributed by atoms with van der Waals surface area (Å²) in [5, 5.41) is 11.3. The van der Waals surface area contributed by atoms with Gasteiger partial charge in [-0.05, 0) is 65.8 Å². The van der Waals surface area contributed by atoms with Gasteiger partial charge in [-0.1, -0.05) is 66.2 Å². The lowest BCUT2D eigenvalue weighted by molar-refractivity contribution is -0.384. The summed E-state index contributed by atoms with van der Waals surface area (Å²) in [4.78, 5) is 40.5. The Bertz CT molecular complexity index is 1600. The second kappa shape index (κ2) is 11.5. The highest BCUT2D eigenvalue weighted by atomic mass is 35.5. The van der Waals surface area contributed by atoms with E-state index >= 15 is 0 Å². The van der Waals surface area contributed by atoms with Crippen molar-refractivity contribution >= 4 is 63.9 Å². The minimum Gasteiger partial charge on any atom is -0.487 e. The standard InChI is InChI=1S/C30H20ClN3O5S/c31-26-18-20(14-15-27(26)39-19-21-8-7-13-24(16-21)34(37)38)17-25-28(35)32(22-9-3-1-4-10-22)30(40)33(29(25)36)23-11-5-2-6-12-23/h1-18H,19H2. The molecule has 0 unspecified atom stereocenters. The molecule has 1 aliphatic rings. The zero-order valence-corrected chi connectivity index (χ0v) is 22.3. The average Bonchev–Trinajstić information content (AvgIpc) is 2.96. The van der Waals surface area contributed by atoms with Crippen LogP contribution in [0.1, 0.15) is 11.1 Å². The molecule has 40 heavy (non-hydrogen) atoms. The van der Waals surface area contributed by atoms with Crippen LogP contribution in [0.15, 0.2) is 109 Å². The number of amides is 2. The third-order valence-electron chi connectivity index (χ3n) is 6.06. The van der Waals surface area contributed by atoms with Gasteiger partial charge in [-0.25, -0.2) is 0 Å². The molecule has 0 aliphatic carbocycles. The van der Waals surface area contributed by atoms with Crippen LogP contribution in [-0.4, -0.2) is 21.9 Å². The van der Waals surface area contributed by atoms with Crippen LogP contribution >= 0.6 is 23.8 Å². The Balaban J connectivity index is 1.46. The van der Waals surface area contributed by atoms with E-state index in [0.29, 0.717) is 28.3 Å². The Hall–Kier alpha value is -4.86. The van der Waals surface area contributed by atoms with E-state index in [2.05, 4.69) is 0 Å². The predicted molar refractivity (Wildman–Crippen MR) is 157 cm³/mol. The predicted octanol–water partition coefficient (Wildman–Crippen LogP) is 6.58. The van der Waals surface area contributed by atoms with Crippen LogP contribution in [-0.2, 0) is 16.2 Å². The molecule has 4 aromatic carbocycles. The molecule has 0 N–H and O–H groups in total. The maximum atomic E-state index is 13.6. The second-order valence-electron chi connectivity index (χ2n) is 8.70. The molecule has 0 atom stereocenters. The molecule has 10 heteroatoms. The third-order valence-corrected chi connectivity index (χ3v) is 6.72. The van der Waals surface area contributed by atoms with Crippen LogP contribution in [0.2, 0.25) is 5.02 Å². The van der Waals surface area contributed by atoms with Crippen molar-refractivity contribution in [1.29, 1.82) is 0 Å². The van der Waals surface area contributed by atoms with Gasteiger partial charge in [0.15, 0.2) is 5.11 Å². The van der Waals surface area contributed by atoms with Gasteiger partial charge in [0.2, 0.25) is 0 Å².